The predicted molar refractivity (Wildman–Crippen MR) is 137 cm³/mol. The predicted octanol–water partition coefficient (Wildman–Crippen LogP) is 6.13. The van der Waals surface area contributed by atoms with Crippen molar-refractivity contribution in [3.8, 4) is 17.1 Å². The first-order chi connectivity index (χ1) is 17.0. The van der Waals surface area contributed by atoms with E-state index in [1.165, 1.54) is 0 Å². The monoisotopic (exact) mass is 481 g/mol. The number of carbonyl (C=O) groups excluding carboxylic acids is 2. The molecule has 6 nitrogen and oxygen atoms in total. The summed E-state index contributed by atoms with van der Waals surface area (Å²) in [6.45, 7) is -0.114. The Balaban J connectivity index is 1.25. The van der Waals surface area contributed by atoms with Gasteiger partial charge in [-0.15, -0.1) is 0 Å². The van der Waals surface area contributed by atoms with E-state index in [2.05, 4.69) is 15.3 Å². The van der Waals surface area contributed by atoms with Gasteiger partial charge in [-0.2, -0.15) is 0 Å². The maximum Gasteiger partial charge on any atom is 0.262 e. The molecule has 0 atom stereocenters. The highest BCUT2D eigenvalue weighted by atomic mass is 35.5. The number of ether oxygens (including phenoxy) is 1. The summed E-state index contributed by atoms with van der Waals surface area (Å²) in [5.41, 5.74) is 4.28. The van der Waals surface area contributed by atoms with Crippen molar-refractivity contribution in [2.45, 2.75) is 0 Å². The standard InChI is InChI=1S/C28H20ClN3O3/c29-21-9-13-23(14-10-21)35-17-26(33)30-22-11-6-19(7-12-22)28-31-24-15-8-20(16-25(24)32-28)27(34)18-4-2-1-3-5-18/h1-16H,17H2,(H,30,33)(H,31,32). The Morgan fingerprint density at radius 1 is 0.857 bits per heavy atom. The van der Waals surface area contributed by atoms with Crippen LogP contribution in [-0.2, 0) is 4.79 Å². The van der Waals surface area contributed by atoms with Gasteiger partial charge in [0.05, 0.1) is 11.0 Å². The van der Waals surface area contributed by atoms with Gasteiger partial charge in [-0.25, -0.2) is 4.98 Å². The molecule has 172 valence electrons. The number of halogens is 1. The molecule has 1 amide bonds. The van der Waals surface area contributed by atoms with E-state index in [1.54, 1.807) is 54.6 Å². The second-order valence-corrected chi connectivity index (χ2v) is 8.32. The summed E-state index contributed by atoms with van der Waals surface area (Å²) in [7, 11) is 0. The quantitative estimate of drug-likeness (QED) is 0.274. The van der Waals surface area contributed by atoms with Crippen LogP contribution in [-0.4, -0.2) is 28.3 Å². The fourth-order valence-corrected chi connectivity index (χ4v) is 3.76. The number of imidazole rings is 1. The largest absolute Gasteiger partial charge is 0.484 e. The molecule has 0 fully saturated rings. The molecule has 0 aliphatic rings. The van der Waals surface area contributed by atoms with E-state index in [4.69, 9.17) is 16.3 Å². The summed E-state index contributed by atoms with van der Waals surface area (Å²) in [5.74, 6) is 0.933. The first kappa shape index (κ1) is 22.4. The van der Waals surface area contributed by atoms with Crippen molar-refractivity contribution in [2.75, 3.05) is 11.9 Å². The number of rotatable bonds is 7. The van der Waals surface area contributed by atoms with Gasteiger partial charge in [0, 0.05) is 27.4 Å². The van der Waals surface area contributed by atoms with Crippen LogP contribution in [0.25, 0.3) is 22.4 Å². The fourth-order valence-electron chi connectivity index (χ4n) is 3.63. The lowest BCUT2D eigenvalue weighted by molar-refractivity contribution is -0.118. The van der Waals surface area contributed by atoms with E-state index in [9.17, 15) is 9.59 Å². The molecule has 5 aromatic rings. The normalized spacial score (nSPS) is 10.8. The summed E-state index contributed by atoms with van der Waals surface area (Å²) in [6, 6.07) is 28.8. The number of hydrogen-bond acceptors (Lipinski definition) is 4. The number of amides is 1. The molecule has 0 saturated heterocycles. The summed E-state index contributed by atoms with van der Waals surface area (Å²) >= 11 is 5.85. The third-order valence-corrected chi connectivity index (χ3v) is 5.66. The van der Waals surface area contributed by atoms with Gasteiger partial charge in [0.1, 0.15) is 11.6 Å². The third-order valence-electron chi connectivity index (χ3n) is 5.41. The number of benzene rings is 4. The van der Waals surface area contributed by atoms with Crippen LogP contribution in [0.15, 0.2) is 97.1 Å². The molecular weight excluding hydrogens is 462 g/mol. The van der Waals surface area contributed by atoms with E-state index < -0.39 is 0 Å². The minimum absolute atomic E-state index is 0.0382. The van der Waals surface area contributed by atoms with Crippen molar-refractivity contribution >= 4 is 40.0 Å². The van der Waals surface area contributed by atoms with Gasteiger partial charge in [-0.3, -0.25) is 9.59 Å². The Hall–Kier alpha value is -4.42. The molecule has 2 N–H and O–H groups in total. The highest BCUT2D eigenvalue weighted by Crippen LogP contribution is 2.24. The second kappa shape index (κ2) is 9.83. The minimum Gasteiger partial charge on any atom is -0.484 e. The number of hydrogen-bond donors (Lipinski definition) is 2. The molecule has 0 aliphatic carbocycles. The molecule has 0 unspecified atom stereocenters. The molecule has 1 heterocycles. The lowest BCUT2D eigenvalue weighted by Crippen LogP contribution is -2.20. The number of fused-ring (bicyclic) bond motifs is 1. The van der Waals surface area contributed by atoms with Crippen molar-refractivity contribution in [3.05, 3.63) is 113 Å². The van der Waals surface area contributed by atoms with Crippen molar-refractivity contribution in [1.82, 2.24) is 9.97 Å². The van der Waals surface area contributed by atoms with Crippen LogP contribution < -0.4 is 10.1 Å². The van der Waals surface area contributed by atoms with Gasteiger partial charge >= 0.3 is 0 Å². The molecule has 35 heavy (non-hydrogen) atoms. The first-order valence-corrected chi connectivity index (χ1v) is 11.3. The molecule has 0 bridgehead atoms. The number of nitrogens with one attached hydrogen (secondary N) is 2. The zero-order valence-electron chi connectivity index (χ0n) is 18.5. The molecule has 0 spiro atoms. The summed E-state index contributed by atoms with van der Waals surface area (Å²) in [5, 5.41) is 3.41. The third kappa shape index (κ3) is 5.23. The molecule has 0 aliphatic heterocycles. The summed E-state index contributed by atoms with van der Waals surface area (Å²) in [4.78, 5) is 32.9. The van der Waals surface area contributed by atoms with Gasteiger partial charge in [0.2, 0.25) is 0 Å². The fraction of sp³-hybridized carbons (Fsp3) is 0.0357. The molecular formula is C28H20ClN3O3. The van der Waals surface area contributed by atoms with Crippen LogP contribution in [0.2, 0.25) is 5.02 Å². The molecule has 5 rings (SSSR count). The second-order valence-electron chi connectivity index (χ2n) is 7.88. The van der Waals surface area contributed by atoms with Crippen molar-refractivity contribution in [3.63, 3.8) is 0 Å². The van der Waals surface area contributed by atoms with Crippen molar-refractivity contribution < 1.29 is 14.3 Å². The lowest BCUT2D eigenvalue weighted by Gasteiger charge is -2.08. The Morgan fingerprint density at radius 2 is 1.60 bits per heavy atom. The Labute approximate surface area is 206 Å². The smallest absolute Gasteiger partial charge is 0.262 e. The van der Waals surface area contributed by atoms with Gasteiger partial charge in [0.15, 0.2) is 12.4 Å². The Kier molecular flexibility index (Phi) is 6.28. The van der Waals surface area contributed by atoms with Gasteiger partial charge < -0.3 is 15.0 Å². The highest BCUT2D eigenvalue weighted by molar-refractivity contribution is 6.30. The molecule has 0 radical (unpaired) electrons. The van der Waals surface area contributed by atoms with Gasteiger partial charge in [-0.1, -0.05) is 41.9 Å². The maximum atomic E-state index is 12.7. The Morgan fingerprint density at radius 3 is 2.34 bits per heavy atom. The number of aromatic amines is 1. The van der Waals surface area contributed by atoms with Gasteiger partial charge in [0.25, 0.3) is 5.91 Å². The van der Waals surface area contributed by atoms with E-state index in [1.807, 2.05) is 42.5 Å². The highest BCUT2D eigenvalue weighted by Gasteiger charge is 2.12. The average Bonchev–Trinajstić information content (AvgIpc) is 3.32. The molecule has 7 heteroatoms. The van der Waals surface area contributed by atoms with Crippen LogP contribution in [0.4, 0.5) is 5.69 Å². The van der Waals surface area contributed by atoms with E-state index in [0.717, 1.165) is 16.6 Å². The number of anilines is 1. The summed E-state index contributed by atoms with van der Waals surface area (Å²) in [6.07, 6.45) is 0. The summed E-state index contributed by atoms with van der Waals surface area (Å²) < 4.78 is 5.47. The minimum atomic E-state index is -0.271. The van der Waals surface area contributed by atoms with Crippen LogP contribution in [0, 0.1) is 0 Å². The van der Waals surface area contributed by atoms with Crippen LogP contribution in [0.5, 0.6) is 5.75 Å². The zero-order valence-corrected chi connectivity index (χ0v) is 19.3. The topological polar surface area (TPSA) is 84.1 Å². The van der Waals surface area contributed by atoms with Crippen molar-refractivity contribution in [1.29, 1.82) is 0 Å². The molecule has 4 aromatic carbocycles. The Bertz CT molecular complexity index is 1490. The van der Waals surface area contributed by atoms with Gasteiger partial charge in [-0.05, 0) is 66.7 Å². The molecule has 0 saturated carbocycles. The number of aromatic nitrogens is 2. The zero-order chi connectivity index (χ0) is 24.2. The van der Waals surface area contributed by atoms with Crippen LogP contribution >= 0.6 is 11.6 Å². The van der Waals surface area contributed by atoms with Crippen LogP contribution in [0.1, 0.15) is 15.9 Å². The SMILES string of the molecule is O=C(COc1ccc(Cl)cc1)Nc1ccc(-c2nc3ccc(C(=O)c4ccccc4)cc3[nH]2)cc1. The van der Waals surface area contributed by atoms with Crippen LogP contribution in [0.3, 0.4) is 0 Å². The first-order valence-electron chi connectivity index (χ1n) is 10.9. The number of carbonyl (C=O) groups is 2. The number of ketones is 1. The average molecular weight is 482 g/mol. The van der Waals surface area contributed by atoms with E-state index in [0.29, 0.717) is 33.4 Å². The van der Waals surface area contributed by atoms with E-state index >= 15 is 0 Å². The lowest BCUT2D eigenvalue weighted by atomic mass is 10.0. The maximum absolute atomic E-state index is 12.7. The number of nitrogens with zero attached hydrogens (tertiary/aromatic N) is 1. The van der Waals surface area contributed by atoms with E-state index in [-0.39, 0.29) is 18.3 Å². The van der Waals surface area contributed by atoms with Crippen molar-refractivity contribution in [2.24, 2.45) is 0 Å². The molecule has 1 aromatic heterocycles. The number of H-pyrrole nitrogens is 1.